The fourth-order valence-electron chi connectivity index (χ4n) is 2.52. The van der Waals surface area contributed by atoms with Crippen LogP contribution in [0.15, 0.2) is 11.4 Å². The molecule has 18 heavy (non-hydrogen) atoms. The number of imide groups is 1. The molecule has 4 amide bonds. The highest BCUT2D eigenvalue weighted by Gasteiger charge is 2.56. The van der Waals surface area contributed by atoms with Crippen molar-refractivity contribution in [3.8, 4) is 0 Å². The Hall–Kier alpha value is -2.06. The quantitative estimate of drug-likeness (QED) is 0.620. The molecule has 1 unspecified atom stereocenters. The van der Waals surface area contributed by atoms with Gasteiger partial charge in [-0.15, -0.1) is 0 Å². The smallest absolute Gasteiger partial charge is 0.304 e. The number of nitrogens with one attached hydrogen (secondary N) is 1. The number of hydrogen-bond acceptors (Lipinski definition) is 3. The van der Waals surface area contributed by atoms with Crippen LogP contribution in [0.2, 0.25) is 0 Å². The van der Waals surface area contributed by atoms with Crippen molar-refractivity contribution in [1.82, 2.24) is 15.1 Å². The Balaban J connectivity index is 2.01. The van der Waals surface area contributed by atoms with Gasteiger partial charge >= 0.3 is 18.1 Å². The molecule has 0 aromatic heterocycles. The second-order valence-electron chi connectivity index (χ2n) is 4.20. The molecule has 3 rings (SSSR count). The number of rotatable bonds is 0. The van der Waals surface area contributed by atoms with E-state index >= 15 is 0 Å². The number of nitrogens with zero attached hydrogens (tertiary/aromatic N) is 2. The average molecular weight is 261 g/mol. The molecule has 0 saturated carbocycles. The Kier molecular flexibility index (Phi) is 1.86. The summed E-state index contributed by atoms with van der Waals surface area (Å²) in [5.41, 5.74) is -0.153. The number of alkyl halides is 3. The van der Waals surface area contributed by atoms with Gasteiger partial charge in [0.1, 0.15) is 5.70 Å². The summed E-state index contributed by atoms with van der Waals surface area (Å²) in [6.45, 7) is -0.224. The Morgan fingerprint density at radius 2 is 2.00 bits per heavy atom. The summed E-state index contributed by atoms with van der Waals surface area (Å²) in [7, 11) is 0. The first-order valence-corrected chi connectivity index (χ1v) is 5.07. The fraction of sp³-hybridized carbons (Fsp3) is 0.444. The number of likely N-dealkylation sites (tertiary alicyclic amines) is 1. The van der Waals surface area contributed by atoms with Gasteiger partial charge in [0.05, 0.1) is 11.7 Å². The minimum atomic E-state index is -4.98. The highest BCUT2D eigenvalue weighted by Crippen LogP contribution is 2.41. The van der Waals surface area contributed by atoms with Crippen LogP contribution in [-0.2, 0) is 9.59 Å². The van der Waals surface area contributed by atoms with Gasteiger partial charge in [-0.2, -0.15) is 13.2 Å². The molecular weight excluding hydrogens is 255 g/mol. The number of carbonyl (C=O) groups is 3. The minimum absolute atomic E-state index is 0.0225. The molecule has 0 radical (unpaired) electrons. The van der Waals surface area contributed by atoms with E-state index in [4.69, 9.17) is 0 Å². The van der Waals surface area contributed by atoms with Crippen molar-refractivity contribution in [1.29, 1.82) is 0 Å². The van der Waals surface area contributed by atoms with Crippen LogP contribution in [0.5, 0.6) is 0 Å². The third-order valence-corrected chi connectivity index (χ3v) is 3.17. The number of amides is 4. The lowest BCUT2D eigenvalue weighted by Crippen LogP contribution is -2.46. The van der Waals surface area contributed by atoms with E-state index in [0.717, 1.165) is 4.90 Å². The van der Waals surface area contributed by atoms with Crippen LogP contribution >= 0.6 is 0 Å². The lowest BCUT2D eigenvalue weighted by atomic mass is 10.3. The van der Waals surface area contributed by atoms with Gasteiger partial charge in [-0.05, 0) is 0 Å². The Bertz CT molecular complexity index is 525. The van der Waals surface area contributed by atoms with E-state index in [-0.39, 0.29) is 24.4 Å². The summed E-state index contributed by atoms with van der Waals surface area (Å²) in [5, 5.41) is 1.99. The predicted molar refractivity (Wildman–Crippen MR) is 48.6 cm³/mol. The average Bonchev–Trinajstić information content (AvgIpc) is 2.88. The first kappa shape index (κ1) is 11.1. The summed E-state index contributed by atoms with van der Waals surface area (Å²) in [6, 6.07) is -1.22. The highest BCUT2D eigenvalue weighted by atomic mass is 19.4. The maximum absolute atomic E-state index is 12.3. The number of hydrogen-bond donors (Lipinski definition) is 1. The van der Waals surface area contributed by atoms with Crippen LogP contribution in [-0.4, -0.2) is 46.4 Å². The predicted octanol–water partition coefficient (Wildman–Crippen LogP) is -0.0734. The van der Waals surface area contributed by atoms with Crippen LogP contribution in [0.4, 0.5) is 18.0 Å². The first-order chi connectivity index (χ1) is 8.30. The van der Waals surface area contributed by atoms with Gasteiger partial charge < -0.3 is 4.90 Å². The zero-order valence-corrected chi connectivity index (χ0v) is 8.74. The fourth-order valence-corrected chi connectivity index (χ4v) is 2.52. The van der Waals surface area contributed by atoms with E-state index in [1.165, 1.54) is 0 Å². The molecule has 6 nitrogen and oxygen atoms in total. The zero-order valence-electron chi connectivity index (χ0n) is 8.74. The summed E-state index contributed by atoms with van der Waals surface area (Å²) in [5.74, 6) is -2.75. The van der Waals surface area contributed by atoms with Crippen molar-refractivity contribution in [2.75, 3.05) is 6.54 Å². The van der Waals surface area contributed by atoms with Gasteiger partial charge in [0, 0.05) is 13.0 Å². The molecule has 1 N–H and O–H groups in total. The summed E-state index contributed by atoms with van der Waals surface area (Å²) in [4.78, 5) is 35.6. The van der Waals surface area contributed by atoms with Crippen molar-refractivity contribution in [2.45, 2.75) is 18.6 Å². The van der Waals surface area contributed by atoms with Crippen molar-refractivity contribution < 1.29 is 27.6 Å². The van der Waals surface area contributed by atoms with Crippen molar-refractivity contribution in [3.05, 3.63) is 11.4 Å². The Morgan fingerprint density at radius 1 is 1.33 bits per heavy atom. The standard InChI is InChI=1S/C9H6F3N3O3/c10-9(11,12)7(17)14-2-3-1-4(14)5-6(16)13-8(18)15(3)5/h3H,1-2H2,(H,13,16,18). The van der Waals surface area contributed by atoms with Crippen molar-refractivity contribution in [3.63, 3.8) is 0 Å². The van der Waals surface area contributed by atoms with E-state index in [1.54, 1.807) is 0 Å². The monoisotopic (exact) mass is 261 g/mol. The number of halogens is 3. The molecule has 1 atom stereocenters. The van der Waals surface area contributed by atoms with E-state index in [0.29, 0.717) is 4.90 Å². The minimum Gasteiger partial charge on any atom is -0.304 e. The largest absolute Gasteiger partial charge is 0.471 e. The van der Waals surface area contributed by atoms with Gasteiger partial charge in [0.15, 0.2) is 0 Å². The van der Waals surface area contributed by atoms with E-state index in [9.17, 15) is 27.6 Å². The van der Waals surface area contributed by atoms with Crippen molar-refractivity contribution in [2.24, 2.45) is 0 Å². The van der Waals surface area contributed by atoms with E-state index < -0.39 is 30.1 Å². The van der Waals surface area contributed by atoms with E-state index in [1.807, 2.05) is 5.32 Å². The molecule has 0 aromatic carbocycles. The molecule has 0 aliphatic carbocycles. The van der Waals surface area contributed by atoms with Crippen LogP contribution < -0.4 is 5.32 Å². The summed E-state index contributed by atoms with van der Waals surface area (Å²) in [6.07, 6.45) is -4.88. The molecule has 96 valence electrons. The second-order valence-corrected chi connectivity index (χ2v) is 4.20. The number of carbonyl (C=O) groups excluding carboxylic acids is 3. The van der Waals surface area contributed by atoms with Gasteiger partial charge in [-0.3, -0.25) is 19.8 Å². The molecule has 3 aliphatic rings. The summed E-state index contributed by atoms with van der Waals surface area (Å²) < 4.78 is 37.0. The SMILES string of the molecule is O=C1NC(=O)N2C1=C1CC2CN1C(=O)C(F)(F)F. The number of fused-ring (bicyclic) bond motifs is 4. The Labute approximate surface area is 98.0 Å². The Morgan fingerprint density at radius 3 is 2.61 bits per heavy atom. The van der Waals surface area contributed by atoms with Crippen LogP contribution in [0.25, 0.3) is 0 Å². The van der Waals surface area contributed by atoms with Crippen LogP contribution in [0.1, 0.15) is 6.42 Å². The number of urea groups is 1. The molecule has 2 saturated heterocycles. The molecule has 0 aromatic rings. The zero-order chi connectivity index (χ0) is 13.2. The highest BCUT2D eigenvalue weighted by molar-refractivity contribution is 6.13. The van der Waals surface area contributed by atoms with E-state index in [2.05, 4.69) is 0 Å². The molecule has 2 bridgehead atoms. The lowest BCUT2D eigenvalue weighted by Gasteiger charge is -2.27. The maximum Gasteiger partial charge on any atom is 0.471 e. The molecule has 2 fully saturated rings. The second kappa shape index (κ2) is 3.03. The third kappa shape index (κ3) is 1.21. The van der Waals surface area contributed by atoms with Gasteiger partial charge in [-0.25, -0.2) is 4.79 Å². The molecule has 3 heterocycles. The summed E-state index contributed by atoms with van der Waals surface area (Å²) >= 11 is 0. The van der Waals surface area contributed by atoms with Crippen LogP contribution in [0, 0.1) is 0 Å². The van der Waals surface area contributed by atoms with Gasteiger partial charge in [-0.1, -0.05) is 0 Å². The molecular formula is C9H6F3N3O3. The van der Waals surface area contributed by atoms with Crippen LogP contribution in [0.3, 0.4) is 0 Å². The van der Waals surface area contributed by atoms with Crippen molar-refractivity contribution >= 4 is 17.8 Å². The topological polar surface area (TPSA) is 69.7 Å². The van der Waals surface area contributed by atoms with Gasteiger partial charge in [0.25, 0.3) is 5.91 Å². The maximum atomic E-state index is 12.3. The molecule has 0 spiro atoms. The lowest BCUT2D eigenvalue weighted by molar-refractivity contribution is -0.183. The first-order valence-electron chi connectivity index (χ1n) is 5.07. The molecule has 9 heteroatoms. The third-order valence-electron chi connectivity index (χ3n) is 3.17. The van der Waals surface area contributed by atoms with Gasteiger partial charge in [0.2, 0.25) is 0 Å². The normalized spacial score (nSPS) is 26.1. The molecule has 3 aliphatic heterocycles.